The van der Waals surface area contributed by atoms with E-state index in [-0.39, 0.29) is 12.4 Å². The summed E-state index contributed by atoms with van der Waals surface area (Å²) in [5.41, 5.74) is 6.52. The van der Waals surface area contributed by atoms with Gasteiger partial charge in [0.25, 0.3) is 0 Å². The van der Waals surface area contributed by atoms with E-state index in [1.807, 2.05) is 0 Å². The molecule has 0 radical (unpaired) electrons. The molecule has 2 rings (SSSR count). The van der Waals surface area contributed by atoms with Crippen LogP contribution in [-0.2, 0) is 6.54 Å². The first-order valence-electron chi connectivity index (χ1n) is 5.01. The highest BCUT2D eigenvalue weighted by Gasteiger charge is 2.17. The standard InChI is InChI=1S/C9H13N5O3/c10-8-7-9(12-3-11-8)14(4-13-7)1-5(16)6(17)2-15/h3-6,15-17H,1-2H2,(H2,10,11,12)/t5-,6+/m0/s1. The molecule has 0 aliphatic rings. The van der Waals surface area contributed by atoms with E-state index in [0.29, 0.717) is 11.2 Å². The fourth-order valence-electron chi connectivity index (χ4n) is 1.48. The minimum absolute atomic E-state index is 0.0642. The van der Waals surface area contributed by atoms with Crippen LogP contribution in [0.25, 0.3) is 11.2 Å². The number of hydrogen-bond acceptors (Lipinski definition) is 7. The Hall–Kier alpha value is -1.77. The summed E-state index contributed by atoms with van der Waals surface area (Å²) < 4.78 is 1.54. The van der Waals surface area contributed by atoms with Crippen molar-refractivity contribution in [2.24, 2.45) is 0 Å². The van der Waals surface area contributed by atoms with Crippen LogP contribution < -0.4 is 5.73 Å². The second kappa shape index (κ2) is 4.62. The van der Waals surface area contributed by atoms with Crippen molar-refractivity contribution < 1.29 is 15.3 Å². The number of nitrogens with zero attached hydrogens (tertiary/aromatic N) is 4. The van der Waals surface area contributed by atoms with Gasteiger partial charge in [0.15, 0.2) is 11.5 Å². The molecule has 0 fully saturated rings. The maximum absolute atomic E-state index is 9.58. The number of aromatic nitrogens is 4. The number of nitrogen functional groups attached to an aromatic ring is 1. The van der Waals surface area contributed by atoms with Crippen LogP contribution in [0.3, 0.4) is 0 Å². The normalized spacial score (nSPS) is 15.0. The van der Waals surface area contributed by atoms with E-state index in [2.05, 4.69) is 15.0 Å². The van der Waals surface area contributed by atoms with Gasteiger partial charge in [-0.15, -0.1) is 0 Å². The lowest BCUT2D eigenvalue weighted by Crippen LogP contribution is -2.33. The number of hydrogen-bond donors (Lipinski definition) is 4. The molecule has 0 aromatic carbocycles. The molecule has 0 aliphatic carbocycles. The van der Waals surface area contributed by atoms with Crippen LogP contribution in [0, 0.1) is 0 Å². The number of rotatable bonds is 4. The third kappa shape index (κ3) is 2.18. The van der Waals surface area contributed by atoms with Gasteiger partial charge >= 0.3 is 0 Å². The van der Waals surface area contributed by atoms with Gasteiger partial charge in [-0.05, 0) is 0 Å². The average molecular weight is 239 g/mol. The Kier molecular flexibility index (Phi) is 3.18. The summed E-state index contributed by atoms with van der Waals surface area (Å²) in [4.78, 5) is 11.8. The van der Waals surface area contributed by atoms with Crippen molar-refractivity contribution in [2.45, 2.75) is 18.8 Å². The monoisotopic (exact) mass is 239 g/mol. The summed E-state index contributed by atoms with van der Waals surface area (Å²) in [5.74, 6) is 0.256. The second-order valence-corrected chi connectivity index (χ2v) is 3.65. The third-order valence-electron chi connectivity index (χ3n) is 2.44. The molecule has 8 heteroatoms. The first-order chi connectivity index (χ1) is 8.13. The largest absolute Gasteiger partial charge is 0.394 e. The van der Waals surface area contributed by atoms with Crippen LogP contribution in [0.15, 0.2) is 12.7 Å². The van der Waals surface area contributed by atoms with Gasteiger partial charge in [0.05, 0.1) is 19.5 Å². The number of imidazole rings is 1. The number of fused-ring (bicyclic) bond motifs is 1. The van der Waals surface area contributed by atoms with E-state index in [4.69, 9.17) is 10.8 Å². The molecule has 0 saturated heterocycles. The Balaban J connectivity index is 2.28. The van der Waals surface area contributed by atoms with E-state index in [9.17, 15) is 10.2 Å². The van der Waals surface area contributed by atoms with Crippen molar-refractivity contribution in [3.05, 3.63) is 12.7 Å². The minimum atomic E-state index is -1.20. The summed E-state index contributed by atoms with van der Waals surface area (Å²) >= 11 is 0. The van der Waals surface area contributed by atoms with Crippen molar-refractivity contribution in [2.75, 3.05) is 12.3 Å². The highest BCUT2D eigenvalue weighted by molar-refractivity contribution is 5.81. The Bertz CT molecular complexity index is 514. The minimum Gasteiger partial charge on any atom is -0.394 e. The van der Waals surface area contributed by atoms with Gasteiger partial charge < -0.3 is 25.6 Å². The number of nitrogens with two attached hydrogens (primary N) is 1. The number of anilines is 1. The molecule has 2 aromatic rings. The highest BCUT2D eigenvalue weighted by Crippen LogP contribution is 2.14. The SMILES string of the molecule is Nc1ncnc2c1ncn2C[C@H](O)[C@H](O)CO. The first-order valence-corrected chi connectivity index (χ1v) is 5.01. The molecule has 0 spiro atoms. The summed E-state index contributed by atoms with van der Waals surface area (Å²) in [7, 11) is 0. The van der Waals surface area contributed by atoms with E-state index in [0.717, 1.165) is 0 Å². The molecule has 0 bridgehead atoms. The van der Waals surface area contributed by atoms with Gasteiger partial charge in [-0.2, -0.15) is 0 Å². The Morgan fingerprint density at radius 1 is 1.24 bits per heavy atom. The van der Waals surface area contributed by atoms with Crippen molar-refractivity contribution in [3.63, 3.8) is 0 Å². The molecule has 0 amide bonds. The van der Waals surface area contributed by atoms with Gasteiger partial charge in [0, 0.05) is 0 Å². The lowest BCUT2D eigenvalue weighted by Gasteiger charge is -2.15. The molecule has 0 aliphatic heterocycles. The quantitative estimate of drug-likeness (QED) is 0.491. The van der Waals surface area contributed by atoms with Crippen LogP contribution >= 0.6 is 0 Å². The topological polar surface area (TPSA) is 130 Å². The number of aliphatic hydroxyl groups is 3. The molecule has 2 aromatic heterocycles. The maximum atomic E-state index is 9.58. The zero-order valence-electron chi connectivity index (χ0n) is 8.93. The van der Waals surface area contributed by atoms with Crippen LogP contribution in [0.4, 0.5) is 5.82 Å². The molecule has 17 heavy (non-hydrogen) atoms. The number of aliphatic hydroxyl groups excluding tert-OH is 3. The fraction of sp³-hybridized carbons (Fsp3) is 0.444. The lowest BCUT2D eigenvalue weighted by atomic mass is 10.2. The zero-order chi connectivity index (χ0) is 12.4. The second-order valence-electron chi connectivity index (χ2n) is 3.65. The van der Waals surface area contributed by atoms with Gasteiger partial charge in [-0.1, -0.05) is 0 Å². The van der Waals surface area contributed by atoms with E-state index >= 15 is 0 Å². The summed E-state index contributed by atoms with van der Waals surface area (Å²) in [6, 6.07) is 0. The molecule has 2 heterocycles. The predicted octanol–water partition coefficient (Wildman–Crippen LogP) is -1.88. The summed E-state index contributed by atoms with van der Waals surface area (Å²) in [5, 5.41) is 27.6. The van der Waals surface area contributed by atoms with Crippen LogP contribution in [0.1, 0.15) is 0 Å². The Labute approximate surface area is 96.4 Å². The zero-order valence-corrected chi connectivity index (χ0v) is 8.93. The first kappa shape index (κ1) is 11.7. The average Bonchev–Trinajstić information content (AvgIpc) is 2.73. The molecule has 0 saturated carbocycles. The third-order valence-corrected chi connectivity index (χ3v) is 2.44. The fourth-order valence-corrected chi connectivity index (χ4v) is 1.48. The molecule has 0 unspecified atom stereocenters. The highest BCUT2D eigenvalue weighted by atomic mass is 16.4. The summed E-state index contributed by atoms with van der Waals surface area (Å²) in [6.45, 7) is -0.445. The van der Waals surface area contributed by atoms with Crippen molar-refractivity contribution in [3.8, 4) is 0 Å². The van der Waals surface area contributed by atoms with Gasteiger partial charge in [0.1, 0.15) is 24.1 Å². The van der Waals surface area contributed by atoms with E-state index < -0.39 is 18.8 Å². The Morgan fingerprint density at radius 2 is 2.00 bits per heavy atom. The molecule has 92 valence electrons. The molecular formula is C9H13N5O3. The predicted molar refractivity (Wildman–Crippen MR) is 58.8 cm³/mol. The van der Waals surface area contributed by atoms with Crippen LogP contribution in [0.2, 0.25) is 0 Å². The van der Waals surface area contributed by atoms with Crippen LogP contribution in [0.5, 0.6) is 0 Å². The van der Waals surface area contributed by atoms with Gasteiger partial charge in [0.2, 0.25) is 0 Å². The maximum Gasteiger partial charge on any atom is 0.165 e. The smallest absolute Gasteiger partial charge is 0.165 e. The summed E-state index contributed by atoms with van der Waals surface area (Å²) in [6.07, 6.45) is 0.438. The van der Waals surface area contributed by atoms with Gasteiger partial charge in [-0.3, -0.25) is 0 Å². The van der Waals surface area contributed by atoms with Crippen molar-refractivity contribution >= 4 is 17.0 Å². The van der Waals surface area contributed by atoms with Crippen molar-refractivity contribution in [1.82, 2.24) is 19.5 Å². The van der Waals surface area contributed by atoms with Crippen molar-refractivity contribution in [1.29, 1.82) is 0 Å². The Morgan fingerprint density at radius 3 is 2.71 bits per heavy atom. The molecule has 5 N–H and O–H groups in total. The lowest BCUT2D eigenvalue weighted by molar-refractivity contribution is -0.0211. The van der Waals surface area contributed by atoms with Gasteiger partial charge in [-0.25, -0.2) is 15.0 Å². The van der Waals surface area contributed by atoms with E-state index in [1.165, 1.54) is 17.2 Å². The molecule has 2 atom stereocenters. The van der Waals surface area contributed by atoms with E-state index in [1.54, 1.807) is 0 Å². The molecule has 8 nitrogen and oxygen atoms in total. The van der Waals surface area contributed by atoms with Crippen LogP contribution in [-0.4, -0.2) is 53.7 Å². The molecular weight excluding hydrogens is 226 g/mol.